The lowest BCUT2D eigenvalue weighted by atomic mass is 10.3. The van der Waals surface area contributed by atoms with Crippen LogP contribution in [0.25, 0.3) is 0 Å². The zero-order valence-electron chi connectivity index (χ0n) is 12.2. The fourth-order valence-electron chi connectivity index (χ4n) is 1.68. The van der Waals surface area contributed by atoms with Crippen LogP contribution in [0.2, 0.25) is 0 Å². The molecule has 2 aromatic rings. The van der Waals surface area contributed by atoms with E-state index in [2.05, 4.69) is 27.2 Å². The van der Waals surface area contributed by atoms with Crippen LogP contribution in [0.5, 0.6) is 0 Å². The summed E-state index contributed by atoms with van der Waals surface area (Å²) >= 11 is 1.67. The van der Waals surface area contributed by atoms with Gasteiger partial charge in [0.25, 0.3) is 0 Å². The predicted molar refractivity (Wildman–Crippen MR) is 98.3 cm³/mol. The van der Waals surface area contributed by atoms with Crippen molar-refractivity contribution in [1.82, 2.24) is 15.3 Å². The Balaban J connectivity index is 0.00000220. The van der Waals surface area contributed by atoms with Crippen molar-refractivity contribution in [2.45, 2.75) is 26.8 Å². The number of nitrogens with two attached hydrogens (primary N) is 1. The van der Waals surface area contributed by atoms with E-state index in [1.54, 1.807) is 17.5 Å². The van der Waals surface area contributed by atoms with Crippen molar-refractivity contribution in [2.75, 3.05) is 6.54 Å². The molecule has 0 atom stereocenters. The van der Waals surface area contributed by atoms with Crippen LogP contribution in [0, 0.1) is 13.8 Å². The normalized spacial score (nSPS) is 11.0. The van der Waals surface area contributed by atoms with Crippen molar-refractivity contribution in [1.29, 1.82) is 0 Å². The Morgan fingerprint density at radius 1 is 1.38 bits per heavy atom. The van der Waals surface area contributed by atoms with E-state index < -0.39 is 0 Å². The van der Waals surface area contributed by atoms with Crippen LogP contribution >= 0.6 is 35.3 Å². The second-order valence-corrected chi connectivity index (χ2v) is 5.74. The van der Waals surface area contributed by atoms with Gasteiger partial charge in [0.15, 0.2) is 5.96 Å². The van der Waals surface area contributed by atoms with E-state index in [0.29, 0.717) is 12.5 Å². The third kappa shape index (κ3) is 5.96. The van der Waals surface area contributed by atoms with Gasteiger partial charge in [-0.05, 0) is 26.0 Å². The van der Waals surface area contributed by atoms with Gasteiger partial charge in [-0.15, -0.1) is 35.3 Å². The molecule has 0 aliphatic rings. The Hall–Kier alpha value is -1.22. The van der Waals surface area contributed by atoms with Gasteiger partial charge in [0.1, 0.15) is 5.01 Å². The van der Waals surface area contributed by atoms with Crippen molar-refractivity contribution < 1.29 is 0 Å². The van der Waals surface area contributed by atoms with Gasteiger partial charge in [-0.1, -0.05) is 6.07 Å². The molecule has 2 heterocycles. The van der Waals surface area contributed by atoms with Crippen LogP contribution in [-0.2, 0) is 13.0 Å². The Bertz CT molecular complexity index is 563. The van der Waals surface area contributed by atoms with Crippen molar-refractivity contribution in [3.63, 3.8) is 0 Å². The number of guanidine groups is 1. The summed E-state index contributed by atoms with van der Waals surface area (Å²) in [7, 11) is 0. The molecule has 0 amide bonds. The summed E-state index contributed by atoms with van der Waals surface area (Å²) in [4.78, 5) is 14.2. The van der Waals surface area contributed by atoms with E-state index in [4.69, 9.17) is 5.73 Å². The number of pyridine rings is 1. The second-order valence-electron chi connectivity index (χ2n) is 4.45. The highest BCUT2D eigenvalue weighted by molar-refractivity contribution is 14.0. The minimum Gasteiger partial charge on any atom is -0.370 e. The van der Waals surface area contributed by atoms with Crippen LogP contribution in [0.15, 0.2) is 29.4 Å². The van der Waals surface area contributed by atoms with Crippen molar-refractivity contribution >= 4 is 41.3 Å². The molecule has 0 saturated carbocycles. The number of hydrogen-bond donors (Lipinski definition) is 2. The van der Waals surface area contributed by atoms with Crippen LogP contribution in [0.4, 0.5) is 0 Å². The topological polar surface area (TPSA) is 76.2 Å². The Kier molecular flexibility index (Phi) is 7.58. The quantitative estimate of drug-likeness (QED) is 0.445. The van der Waals surface area contributed by atoms with E-state index in [0.717, 1.165) is 29.4 Å². The third-order valence-corrected chi connectivity index (χ3v) is 3.93. The van der Waals surface area contributed by atoms with E-state index in [-0.39, 0.29) is 24.0 Å². The molecule has 0 aromatic carbocycles. The molecule has 0 spiro atoms. The van der Waals surface area contributed by atoms with Gasteiger partial charge in [-0.25, -0.2) is 9.98 Å². The van der Waals surface area contributed by atoms with Crippen LogP contribution in [0.1, 0.15) is 21.3 Å². The number of aryl methyl sites for hydroxylation is 2. The van der Waals surface area contributed by atoms with Gasteiger partial charge in [0.05, 0.1) is 12.2 Å². The summed E-state index contributed by atoms with van der Waals surface area (Å²) in [5.41, 5.74) is 7.94. The van der Waals surface area contributed by atoms with E-state index >= 15 is 0 Å². The standard InChI is InChI=1S/C14H19N5S.HI/c1-10-11(2)20-13(19-10)9-18-14(15)17-8-6-12-5-3-4-7-16-12;/h3-5,7H,6,8-9H2,1-2H3,(H3,15,17,18);1H. The maximum Gasteiger partial charge on any atom is 0.189 e. The molecule has 0 bridgehead atoms. The third-order valence-electron chi connectivity index (χ3n) is 2.87. The molecule has 0 unspecified atom stereocenters. The van der Waals surface area contributed by atoms with Crippen LogP contribution in [-0.4, -0.2) is 22.5 Å². The predicted octanol–water partition coefficient (Wildman–Crippen LogP) is 2.42. The van der Waals surface area contributed by atoms with E-state index in [9.17, 15) is 0 Å². The highest BCUT2D eigenvalue weighted by Gasteiger charge is 2.02. The molecule has 114 valence electrons. The molecule has 0 saturated heterocycles. The molecule has 0 radical (unpaired) electrons. The van der Waals surface area contributed by atoms with Crippen LogP contribution in [0.3, 0.4) is 0 Å². The number of nitrogens with one attached hydrogen (secondary N) is 1. The van der Waals surface area contributed by atoms with Gasteiger partial charge < -0.3 is 11.1 Å². The highest BCUT2D eigenvalue weighted by Crippen LogP contribution is 2.16. The lowest BCUT2D eigenvalue weighted by Crippen LogP contribution is -2.33. The average Bonchev–Trinajstić information content (AvgIpc) is 2.77. The molecule has 0 fully saturated rings. The lowest BCUT2D eigenvalue weighted by molar-refractivity contribution is 0.826. The molecular formula is C14H20IN5S. The maximum absolute atomic E-state index is 5.83. The molecule has 2 aromatic heterocycles. The van der Waals surface area contributed by atoms with Crippen LogP contribution < -0.4 is 11.1 Å². The molecule has 7 heteroatoms. The summed E-state index contributed by atoms with van der Waals surface area (Å²) in [6.45, 7) is 5.33. The number of thiazole rings is 1. The Morgan fingerprint density at radius 3 is 2.81 bits per heavy atom. The summed E-state index contributed by atoms with van der Waals surface area (Å²) < 4.78 is 0. The smallest absolute Gasteiger partial charge is 0.189 e. The number of aromatic nitrogens is 2. The fraction of sp³-hybridized carbons (Fsp3) is 0.357. The minimum atomic E-state index is 0. The van der Waals surface area contributed by atoms with Gasteiger partial charge in [-0.3, -0.25) is 4.98 Å². The largest absolute Gasteiger partial charge is 0.370 e. The number of nitrogens with zero attached hydrogens (tertiary/aromatic N) is 3. The first-order valence-corrected chi connectivity index (χ1v) is 7.33. The minimum absolute atomic E-state index is 0. The molecule has 0 aliphatic heterocycles. The Morgan fingerprint density at radius 2 is 2.19 bits per heavy atom. The molecule has 3 N–H and O–H groups in total. The molecule has 0 aliphatic carbocycles. The first kappa shape index (κ1) is 17.8. The molecule has 5 nitrogen and oxygen atoms in total. The zero-order valence-corrected chi connectivity index (χ0v) is 15.3. The number of aliphatic imine (C=N–C) groups is 1. The van der Waals surface area contributed by atoms with E-state index in [1.807, 2.05) is 25.1 Å². The average molecular weight is 417 g/mol. The number of rotatable bonds is 5. The van der Waals surface area contributed by atoms with Gasteiger partial charge in [-0.2, -0.15) is 0 Å². The first-order valence-electron chi connectivity index (χ1n) is 6.52. The summed E-state index contributed by atoms with van der Waals surface area (Å²) in [5, 5.41) is 4.08. The Labute approximate surface area is 146 Å². The number of halogens is 1. The van der Waals surface area contributed by atoms with Gasteiger partial charge in [0, 0.05) is 29.7 Å². The lowest BCUT2D eigenvalue weighted by Gasteiger charge is -2.04. The van der Waals surface area contributed by atoms with Crippen molar-refractivity contribution in [3.8, 4) is 0 Å². The van der Waals surface area contributed by atoms with Gasteiger partial charge in [0.2, 0.25) is 0 Å². The number of hydrogen-bond acceptors (Lipinski definition) is 4. The summed E-state index contributed by atoms with van der Waals surface area (Å²) in [5.74, 6) is 0.450. The van der Waals surface area contributed by atoms with Gasteiger partial charge >= 0.3 is 0 Å². The van der Waals surface area contributed by atoms with E-state index in [1.165, 1.54) is 4.88 Å². The molecule has 21 heavy (non-hydrogen) atoms. The molecule has 2 rings (SSSR count). The summed E-state index contributed by atoms with van der Waals surface area (Å²) in [6, 6.07) is 5.88. The maximum atomic E-state index is 5.83. The first-order chi connectivity index (χ1) is 9.65. The fourth-order valence-corrected chi connectivity index (χ4v) is 2.54. The molecular weight excluding hydrogens is 397 g/mol. The second kappa shape index (κ2) is 8.93. The SMILES string of the molecule is Cc1nc(CN=C(N)NCCc2ccccn2)sc1C.I. The van der Waals surface area contributed by atoms with Crippen molar-refractivity contribution in [2.24, 2.45) is 10.7 Å². The monoisotopic (exact) mass is 417 g/mol. The zero-order chi connectivity index (χ0) is 14.4. The highest BCUT2D eigenvalue weighted by atomic mass is 127. The summed E-state index contributed by atoms with van der Waals surface area (Å²) in [6.07, 6.45) is 2.62. The van der Waals surface area contributed by atoms with Crippen molar-refractivity contribution in [3.05, 3.63) is 45.7 Å².